The maximum atomic E-state index is 12.3. The predicted molar refractivity (Wildman–Crippen MR) is 81.1 cm³/mol. The number of hydrogen-bond acceptors (Lipinski definition) is 4. The normalized spacial score (nSPS) is 21.0. The summed E-state index contributed by atoms with van der Waals surface area (Å²) in [5, 5.41) is 8.72. The fourth-order valence-electron chi connectivity index (χ4n) is 2.88. The van der Waals surface area contributed by atoms with Crippen molar-refractivity contribution in [3.63, 3.8) is 0 Å². The smallest absolute Gasteiger partial charge is 0.338 e. The molecule has 2 atom stereocenters. The first-order valence-corrected chi connectivity index (χ1v) is 7.51. The number of nitrogens with zero attached hydrogens (tertiary/aromatic N) is 2. The minimum Gasteiger partial charge on any atom is -0.452 e. The molecular weight excluding hydrogens is 280 g/mol. The molecule has 0 aromatic heterocycles. The molecule has 1 amide bonds. The van der Waals surface area contributed by atoms with E-state index in [2.05, 4.69) is 0 Å². The first kappa shape index (κ1) is 16.0. The molecule has 1 saturated heterocycles. The molecule has 0 radical (unpaired) electrons. The van der Waals surface area contributed by atoms with Crippen molar-refractivity contribution in [1.82, 2.24) is 4.90 Å². The molecule has 0 spiro atoms. The quantitative estimate of drug-likeness (QED) is 0.804. The van der Waals surface area contributed by atoms with E-state index in [0.29, 0.717) is 11.1 Å². The second-order valence-electron chi connectivity index (χ2n) is 5.70. The van der Waals surface area contributed by atoms with Gasteiger partial charge in [0.25, 0.3) is 5.91 Å². The zero-order chi connectivity index (χ0) is 16.1. The van der Waals surface area contributed by atoms with Gasteiger partial charge in [-0.15, -0.1) is 0 Å². The Morgan fingerprint density at radius 1 is 1.23 bits per heavy atom. The maximum absolute atomic E-state index is 12.3. The van der Waals surface area contributed by atoms with Crippen LogP contribution in [0, 0.1) is 11.3 Å². The van der Waals surface area contributed by atoms with Crippen LogP contribution in [0.2, 0.25) is 0 Å². The molecule has 0 saturated carbocycles. The van der Waals surface area contributed by atoms with Crippen LogP contribution in [0.1, 0.15) is 49.0 Å². The Balaban J connectivity index is 1.92. The summed E-state index contributed by atoms with van der Waals surface area (Å²) in [7, 11) is 0. The van der Waals surface area contributed by atoms with Crippen molar-refractivity contribution >= 4 is 11.9 Å². The van der Waals surface area contributed by atoms with Crippen molar-refractivity contribution in [1.29, 1.82) is 5.26 Å². The highest BCUT2D eigenvalue weighted by molar-refractivity contribution is 5.91. The lowest BCUT2D eigenvalue weighted by Gasteiger charge is -2.38. The molecule has 1 aromatic carbocycles. The van der Waals surface area contributed by atoms with Crippen LogP contribution in [0.4, 0.5) is 0 Å². The molecule has 0 bridgehead atoms. The van der Waals surface area contributed by atoms with Crippen molar-refractivity contribution in [2.45, 2.75) is 45.2 Å². The Labute approximate surface area is 130 Å². The summed E-state index contributed by atoms with van der Waals surface area (Å²) < 4.78 is 5.10. The van der Waals surface area contributed by atoms with Gasteiger partial charge in [-0.2, -0.15) is 5.26 Å². The van der Waals surface area contributed by atoms with Crippen molar-refractivity contribution in [3.8, 4) is 6.07 Å². The van der Waals surface area contributed by atoms with Crippen LogP contribution in [0.5, 0.6) is 0 Å². The number of piperidine rings is 1. The minimum atomic E-state index is -0.546. The van der Waals surface area contributed by atoms with Gasteiger partial charge in [0.2, 0.25) is 0 Å². The SMILES string of the molecule is CC1CCCC(C)N1C(=O)COC(=O)c1ccc(C#N)cc1. The molecule has 5 heteroatoms. The summed E-state index contributed by atoms with van der Waals surface area (Å²) in [5.74, 6) is -0.697. The Kier molecular flexibility index (Phi) is 5.16. The highest BCUT2D eigenvalue weighted by atomic mass is 16.5. The third kappa shape index (κ3) is 3.64. The Morgan fingerprint density at radius 2 is 1.82 bits per heavy atom. The first-order chi connectivity index (χ1) is 10.5. The zero-order valence-corrected chi connectivity index (χ0v) is 12.9. The highest BCUT2D eigenvalue weighted by Crippen LogP contribution is 2.22. The summed E-state index contributed by atoms with van der Waals surface area (Å²) in [6, 6.07) is 8.50. The summed E-state index contributed by atoms with van der Waals surface area (Å²) in [6.07, 6.45) is 3.09. The zero-order valence-electron chi connectivity index (χ0n) is 12.9. The van der Waals surface area contributed by atoms with E-state index < -0.39 is 5.97 Å². The lowest BCUT2D eigenvalue weighted by Crippen LogP contribution is -2.49. The number of carbonyl (C=O) groups excluding carboxylic acids is 2. The average Bonchev–Trinajstić information content (AvgIpc) is 2.52. The van der Waals surface area contributed by atoms with Crippen LogP contribution < -0.4 is 0 Å². The summed E-state index contributed by atoms with van der Waals surface area (Å²) in [5.41, 5.74) is 0.815. The molecule has 2 unspecified atom stereocenters. The standard InChI is InChI=1S/C17H20N2O3/c1-12-4-3-5-13(2)19(12)16(20)11-22-17(21)15-8-6-14(10-18)7-9-15/h6-9,12-13H,3-5,11H2,1-2H3. The number of rotatable bonds is 3. The van der Waals surface area contributed by atoms with Gasteiger partial charge in [-0.1, -0.05) is 0 Å². The van der Waals surface area contributed by atoms with Crippen LogP contribution in [0.25, 0.3) is 0 Å². The molecular formula is C17H20N2O3. The van der Waals surface area contributed by atoms with E-state index in [0.717, 1.165) is 19.3 Å². The number of amides is 1. The highest BCUT2D eigenvalue weighted by Gasteiger charge is 2.29. The first-order valence-electron chi connectivity index (χ1n) is 7.51. The minimum absolute atomic E-state index is 0.151. The lowest BCUT2D eigenvalue weighted by molar-refractivity contribution is -0.140. The van der Waals surface area contributed by atoms with Crippen LogP contribution in [-0.4, -0.2) is 35.5 Å². The van der Waals surface area contributed by atoms with Crippen molar-refractivity contribution < 1.29 is 14.3 Å². The molecule has 1 aliphatic heterocycles. The molecule has 2 rings (SSSR count). The molecule has 5 nitrogen and oxygen atoms in total. The monoisotopic (exact) mass is 300 g/mol. The molecule has 1 aliphatic rings. The summed E-state index contributed by atoms with van der Waals surface area (Å²) in [4.78, 5) is 26.0. The van der Waals surface area contributed by atoms with E-state index >= 15 is 0 Å². The maximum Gasteiger partial charge on any atom is 0.338 e. The van der Waals surface area contributed by atoms with E-state index in [1.165, 1.54) is 12.1 Å². The number of hydrogen-bond donors (Lipinski definition) is 0. The number of esters is 1. The third-order valence-corrected chi connectivity index (χ3v) is 4.06. The fraction of sp³-hybridized carbons (Fsp3) is 0.471. The lowest BCUT2D eigenvalue weighted by atomic mass is 9.97. The van der Waals surface area contributed by atoms with Gasteiger partial charge in [0.05, 0.1) is 17.2 Å². The number of nitriles is 1. The molecule has 0 N–H and O–H groups in total. The molecule has 1 heterocycles. The number of ether oxygens (including phenoxy) is 1. The van der Waals surface area contributed by atoms with Crippen molar-refractivity contribution in [3.05, 3.63) is 35.4 Å². The van der Waals surface area contributed by atoms with Gasteiger partial charge in [-0.3, -0.25) is 4.79 Å². The van der Waals surface area contributed by atoms with E-state index in [1.54, 1.807) is 12.1 Å². The van der Waals surface area contributed by atoms with Crippen molar-refractivity contribution in [2.75, 3.05) is 6.61 Å². The largest absolute Gasteiger partial charge is 0.452 e. The summed E-state index contributed by atoms with van der Waals surface area (Å²) >= 11 is 0. The fourth-order valence-corrected chi connectivity index (χ4v) is 2.88. The van der Waals surface area contributed by atoms with Gasteiger partial charge in [0.15, 0.2) is 6.61 Å². The van der Waals surface area contributed by atoms with Crippen LogP contribution in [0.15, 0.2) is 24.3 Å². The predicted octanol–water partition coefficient (Wildman–Crippen LogP) is 2.50. The van der Waals surface area contributed by atoms with Gasteiger partial charge in [-0.05, 0) is 57.4 Å². The Bertz CT molecular complexity index is 579. The average molecular weight is 300 g/mol. The van der Waals surface area contributed by atoms with E-state index in [-0.39, 0.29) is 24.6 Å². The third-order valence-electron chi connectivity index (χ3n) is 4.06. The number of likely N-dealkylation sites (tertiary alicyclic amines) is 1. The second-order valence-corrected chi connectivity index (χ2v) is 5.70. The topological polar surface area (TPSA) is 70.4 Å². The van der Waals surface area contributed by atoms with Gasteiger partial charge >= 0.3 is 5.97 Å². The van der Waals surface area contributed by atoms with Crippen LogP contribution >= 0.6 is 0 Å². The number of benzene rings is 1. The van der Waals surface area contributed by atoms with Gasteiger partial charge in [-0.25, -0.2) is 4.79 Å². The molecule has 116 valence electrons. The van der Waals surface area contributed by atoms with Crippen LogP contribution in [-0.2, 0) is 9.53 Å². The Hall–Kier alpha value is -2.35. The molecule has 22 heavy (non-hydrogen) atoms. The summed E-state index contributed by atoms with van der Waals surface area (Å²) in [6.45, 7) is 3.81. The molecule has 0 aliphatic carbocycles. The second kappa shape index (κ2) is 7.08. The molecule has 1 fully saturated rings. The van der Waals surface area contributed by atoms with Gasteiger partial charge in [0.1, 0.15) is 0 Å². The van der Waals surface area contributed by atoms with E-state index in [9.17, 15) is 9.59 Å². The van der Waals surface area contributed by atoms with Crippen LogP contribution in [0.3, 0.4) is 0 Å². The van der Waals surface area contributed by atoms with Gasteiger partial charge < -0.3 is 9.64 Å². The Morgan fingerprint density at radius 3 is 2.36 bits per heavy atom. The number of carbonyl (C=O) groups is 2. The van der Waals surface area contributed by atoms with E-state index in [1.807, 2.05) is 24.8 Å². The van der Waals surface area contributed by atoms with Crippen molar-refractivity contribution in [2.24, 2.45) is 0 Å². The van der Waals surface area contributed by atoms with E-state index in [4.69, 9.17) is 10.00 Å². The van der Waals surface area contributed by atoms with Gasteiger partial charge in [0, 0.05) is 12.1 Å². The molecule has 1 aromatic rings.